The number of pyridine rings is 1. The molecule has 116 valence electrons. The van der Waals surface area contributed by atoms with E-state index in [0.29, 0.717) is 29.1 Å². The minimum Gasteiger partial charge on any atom is -0.465 e. The standard InChI is InChI=1S/C16H19N3O3/c1-10-13(16(21)22-4)11(2)18-14(10)15(20)19(3)9-12-5-7-17-8-6-12/h5-8,18H,9H2,1-4H3. The van der Waals surface area contributed by atoms with Crippen molar-refractivity contribution in [2.75, 3.05) is 14.2 Å². The fourth-order valence-corrected chi connectivity index (χ4v) is 2.40. The fraction of sp³-hybridized carbons (Fsp3) is 0.312. The zero-order chi connectivity index (χ0) is 16.3. The monoisotopic (exact) mass is 301 g/mol. The number of aryl methyl sites for hydroxylation is 1. The summed E-state index contributed by atoms with van der Waals surface area (Å²) < 4.78 is 4.76. The molecular weight excluding hydrogens is 282 g/mol. The first-order chi connectivity index (χ1) is 10.5. The van der Waals surface area contributed by atoms with Gasteiger partial charge in [0.2, 0.25) is 0 Å². The summed E-state index contributed by atoms with van der Waals surface area (Å²) in [6, 6.07) is 3.72. The highest BCUT2D eigenvalue weighted by atomic mass is 16.5. The molecule has 0 spiro atoms. The first-order valence-corrected chi connectivity index (χ1v) is 6.87. The topological polar surface area (TPSA) is 75.3 Å². The molecule has 0 aliphatic rings. The number of hydrogen-bond donors (Lipinski definition) is 1. The molecular formula is C16H19N3O3. The quantitative estimate of drug-likeness (QED) is 0.877. The Hall–Kier alpha value is -2.63. The van der Waals surface area contributed by atoms with Crippen molar-refractivity contribution in [3.8, 4) is 0 Å². The van der Waals surface area contributed by atoms with E-state index in [-0.39, 0.29) is 5.91 Å². The summed E-state index contributed by atoms with van der Waals surface area (Å²) in [6.45, 7) is 3.95. The van der Waals surface area contributed by atoms with Crippen LogP contribution < -0.4 is 0 Å². The lowest BCUT2D eigenvalue weighted by molar-refractivity contribution is 0.0599. The molecule has 1 amide bonds. The average Bonchev–Trinajstić information content (AvgIpc) is 2.81. The first kappa shape index (κ1) is 15.8. The van der Waals surface area contributed by atoms with Crippen molar-refractivity contribution in [2.24, 2.45) is 0 Å². The van der Waals surface area contributed by atoms with Gasteiger partial charge in [0.15, 0.2) is 0 Å². The summed E-state index contributed by atoms with van der Waals surface area (Å²) in [5.41, 5.74) is 3.05. The van der Waals surface area contributed by atoms with Gasteiger partial charge in [-0.1, -0.05) is 0 Å². The van der Waals surface area contributed by atoms with Crippen molar-refractivity contribution in [3.63, 3.8) is 0 Å². The Kier molecular flexibility index (Phi) is 4.60. The van der Waals surface area contributed by atoms with E-state index in [1.807, 2.05) is 12.1 Å². The van der Waals surface area contributed by atoms with Gasteiger partial charge in [-0.3, -0.25) is 9.78 Å². The lowest BCUT2D eigenvalue weighted by Crippen LogP contribution is -2.27. The van der Waals surface area contributed by atoms with E-state index < -0.39 is 5.97 Å². The first-order valence-electron chi connectivity index (χ1n) is 6.87. The highest BCUT2D eigenvalue weighted by molar-refractivity contribution is 6.00. The zero-order valence-corrected chi connectivity index (χ0v) is 13.1. The molecule has 0 aliphatic carbocycles. The molecule has 0 unspecified atom stereocenters. The third kappa shape index (κ3) is 3.00. The SMILES string of the molecule is COC(=O)c1c(C)[nH]c(C(=O)N(C)Cc2ccncc2)c1C. The summed E-state index contributed by atoms with van der Waals surface area (Å²) in [4.78, 5) is 32.9. The maximum Gasteiger partial charge on any atom is 0.339 e. The molecule has 0 saturated carbocycles. The van der Waals surface area contributed by atoms with Gasteiger partial charge in [0.1, 0.15) is 5.69 Å². The lowest BCUT2D eigenvalue weighted by Gasteiger charge is -2.17. The molecule has 0 aliphatic heterocycles. The van der Waals surface area contributed by atoms with Crippen molar-refractivity contribution in [1.82, 2.24) is 14.9 Å². The Bertz CT molecular complexity index is 692. The van der Waals surface area contributed by atoms with Crippen molar-refractivity contribution in [2.45, 2.75) is 20.4 Å². The molecule has 2 heterocycles. The summed E-state index contributed by atoms with van der Waals surface area (Å²) >= 11 is 0. The number of carbonyl (C=O) groups is 2. The average molecular weight is 301 g/mol. The molecule has 22 heavy (non-hydrogen) atoms. The molecule has 0 bridgehead atoms. The highest BCUT2D eigenvalue weighted by Gasteiger charge is 2.24. The Morgan fingerprint density at radius 3 is 2.50 bits per heavy atom. The molecule has 6 nitrogen and oxygen atoms in total. The minimum atomic E-state index is -0.443. The van der Waals surface area contributed by atoms with Crippen LogP contribution in [0.25, 0.3) is 0 Å². The van der Waals surface area contributed by atoms with Gasteiger partial charge in [0.05, 0.1) is 12.7 Å². The van der Waals surface area contributed by atoms with Crippen LogP contribution >= 0.6 is 0 Å². The summed E-state index contributed by atoms with van der Waals surface area (Å²) in [6.07, 6.45) is 3.38. The number of aromatic nitrogens is 2. The summed E-state index contributed by atoms with van der Waals surface area (Å²) in [7, 11) is 3.04. The van der Waals surface area contributed by atoms with Crippen LogP contribution in [0.1, 0.15) is 37.7 Å². The molecule has 6 heteroatoms. The van der Waals surface area contributed by atoms with E-state index in [1.165, 1.54) is 7.11 Å². The lowest BCUT2D eigenvalue weighted by atomic mass is 10.1. The van der Waals surface area contributed by atoms with Crippen LogP contribution in [-0.4, -0.2) is 40.9 Å². The number of nitrogens with one attached hydrogen (secondary N) is 1. The fourth-order valence-electron chi connectivity index (χ4n) is 2.40. The van der Waals surface area contributed by atoms with Gasteiger partial charge in [0, 0.05) is 31.7 Å². The maximum absolute atomic E-state index is 12.6. The highest BCUT2D eigenvalue weighted by Crippen LogP contribution is 2.20. The predicted molar refractivity (Wildman–Crippen MR) is 81.6 cm³/mol. The van der Waals surface area contributed by atoms with Crippen molar-refractivity contribution in [1.29, 1.82) is 0 Å². The van der Waals surface area contributed by atoms with Gasteiger partial charge >= 0.3 is 5.97 Å². The van der Waals surface area contributed by atoms with Gasteiger partial charge in [-0.05, 0) is 37.1 Å². The van der Waals surface area contributed by atoms with Gasteiger partial charge in [-0.2, -0.15) is 0 Å². The number of methoxy groups -OCH3 is 1. The van der Waals surface area contributed by atoms with Gasteiger partial charge in [-0.15, -0.1) is 0 Å². The smallest absolute Gasteiger partial charge is 0.339 e. The van der Waals surface area contributed by atoms with Crippen LogP contribution in [-0.2, 0) is 11.3 Å². The second-order valence-corrected chi connectivity index (χ2v) is 5.13. The number of hydrogen-bond acceptors (Lipinski definition) is 4. The molecule has 2 aromatic heterocycles. The Labute approximate surface area is 129 Å². The van der Waals surface area contributed by atoms with E-state index >= 15 is 0 Å². The number of ether oxygens (including phenoxy) is 1. The van der Waals surface area contributed by atoms with Crippen molar-refractivity contribution in [3.05, 3.63) is 52.6 Å². The number of amides is 1. The van der Waals surface area contributed by atoms with E-state index in [2.05, 4.69) is 9.97 Å². The normalized spacial score (nSPS) is 10.4. The second-order valence-electron chi connectivity index (χ2n) is 5.13. The molecule has 0 atom stereocenters. The number of aromatic amines is 1. The number of rotatable bonds is 4. The van der Waals surface area contributed by atoms with Crippen molar-refractivity contribution >= 4 is 11.9 Å². The third-order valence-electron chi connectivity index (χ3n) is 3.56. The maximum atomic E-state index is 12.6. The minimum absolute atomic E-state index is 0.174. The van der Waals surface area contributed by atoms with Crippen LogP contribution in [0, 0.1) is 13.8 Å². The molecule has 2 rings (SSSR count). The predicted octanol–water partition coefficient (Wildman–Crippen LogP) is 2.09. The molecule has 1 N–H and O–H groups in total. The summed E-state index contributed by atoms with van der Waals surface area (Å²) in [5.74, 6) is -0.616. The number of H-pyrrole nitrogens is 1. The van der Waals surface area contributed by atoms with E-state index in [4.69, 9.17) is 4.74 Å². The van der Waals surface area contributed by atoms with Gasteiger partial charge in [-0.25, -0.2) is 4.79 Å². The second kappa shape index (κ2) is 6.43. The molecule has 0 fully saturated rings. The van der Waals surface area contributed by atoms with E-state index in [1.54, 1.807) is 38.2 Å². The molecule has 0 aromatic carbocycles. The molecule has 0 radical (unpaired) electrons. The van der Waals surface area contributed by atoms with Crippen LogP contribution in [0.3, 0.4) is 0 Å². The third-order valence-corrected chi connectivity index (χ3v) is 3.56. The van der Waals surface area contributed by atoms with Crippen LogP contribution in [0.4, 0.5) is 0 Å². The number of esters is 1. The van der Waals surface area contributed by atoms with Crippen LogP contribution in [0.5, 0.6) is 0 Å². The molecule has 2 aromatic rings. The molecule has 0 saturated heterocycles. The van der Waals surface area contributed by atoms with E-state index in [9.17, 15) is 9.59 Å². The Morgan fingerprint density at radius 2 is 1.91 bits per heavy atom. The van der Waals surface area contributed by atoms with E-state index in [0.717, 1.165) is 5.56 Å². The van der Waals surface area contributed by atoms with Gasteiger partial charge < -0.3 is 14.6 Å². The Balaban J connectivity index is 2.24. The zero-order valence-electron chi connectivity index (χ0n) is 13.1. The number of carbonyl (C=O) groups excluding carboxylic acids is 2. The van der Waals surface area contributed by atoms with Crippen LogP contribution in [0.15, 0.2) is 24.5 Å². The van der Waals surface area contributed by atoms with Gasteiger partial charge in [0.25, 0.3) is 5.91 Å². The van der Waals surface area contributed by atoms with Crippen LogP contribution in [0.2, 0.25) is 0 Å². The van der Waals surface area contributed by atoms with Crippen molar-refractivity contribution < 1.29 is 14.3 Å². The summed E-state index contributed by atoms with van der Waals surface area (Å²) in [5, 5.41) is 0. The number of nitrogens with zero attached hydrogens (tertiary/aromatic N) is 2. The largest absolute Gasteiger partial charge is 0.465 e. The Morgan fingerprint density at radius 1 is 1.27 bits per heavy atom.